The first-order chi connectivity index (χ1) is 12.0. The molecule has 4 bridgehead atoms. The first-order valence-corrected chi connectivity index (χ1v) is 10.5. The first-order valence-electron chi connectivity index (χ1n) is 10.5. The second kappa shape index (κ2) is 5.19. The number of carbonyl (C=O) groups is 1. The molecule has 138 valence electrons. The minimum atomic E-state index is -0.282. The second-order valence-electron chi connectivity index (χ2n) is 10.4. The summed E-state index contributed by atoms with van der Waals surface area (Å²) in [6.07, 6.45) is 10.9. The molecule has 6 rings (SSSR count). The van der Waals surface area contributed by atoms with Gasteiger partial charge in [-0.15, -0.1) is 0 Å². The van der Waals surface area contributed by atoms with E-state index in [-0.39, 0.29) is 11.5 Å². The van der Waals surface area contributed by atoms with Gasteiger partial charge < -0.3 is 9.90 Å². The van der Waals surface area contributed by atoms with E-state index >= 15 is 0 Å². The van der Waals surface area contributed by atoms with Crippen LogP contribution >= 0.6 is 0 Å². The van der Waals surface area contributed by atoms with Crippen molar-refractivity contribution in [3.05, 3.63) is 12.2 Å². The van der Waals surface area contributed by atoms with Crippen molar-refractivity contribution in [2.75, 3.05) is 19.6 Å². The molecule has 1 saturated heterocycles. The zero-order chi connectivity index (χ0) is 17.4. The lowest BCUT2D eigenvalue weighted by molar-refractivity contribution is -0.239. The smallest absolute Gasteiger partial charge is 0.133 e. The van der Waals surface area contributed by atoms with E-state index in [2.05, 4.69) is 18.4 Å². The van der Waals surface area contributed by atoms with Crippen molar-refractivity contribution in [1.29, 1.82) is 0 Å². The van der Waals surface area contributed by atoms with Crippen molar-refractivity contribution >= 4 is 6.29 Å². The van der Waals surface area contributed by atoms with Crippen LogP contribution in [0.4, 0.5) is 0 Å². The molecule has 0 aromatic heterocycles. The fraction of sp³-hybridized carbons (Fsp3) is 0.864. The van der Waals surface area contributed by atoms with Crippen LogP contribution in [0.2, 0.25) is 0 Å². The van der Waals surface area contributed by atoms with Crippen LogP contribution in [0, 0.1) is 34.0 Å². The van der Waals surface area contributed by atoms with Crippen molar-refractivity contribution in [3.8, 4) is 0 Å². The van der Waals surface area contributed by atoms with Crippen molar-refractivity contribution in [3.63, 3.8) is 0 Å². The summed E-state index contributed by atoms with van der Waals surface area (Å²) >= 11 is 0. The van der Waals surface area contributed by atoms with Crippen LogP contribution in [0.15, 0.2) is 12.2 Å². The van der Waals surface area contributed by atoms with Gasteiger partial charge >= 0.3 is 0 Å². The van der Waals surface area contributed by atoms with Gasteiger partial charge in [-0.2, -0.15) is 0 Å². The van der Waals surface area contributed by atoms with E-state index in [1.54, 1.807) is 0 Å². The van der Waals surface area contributed by atoms with Crippen LogP contribution in [0.25, 0.3) is 0 Å². The van der Waals surface area contributed by atoms with Crippen LogP contribution in [-0.4, -0.2) is 42.0 Å². The summed E-state index contributed by atoms with van der Waals surface area (Å²) in [6.45, 7) is 9.56. The number of aldehydes is 1. The third-order valence-electron chi connectivity index (χ3n) is 9.55. The fourth-order valence-corrected chi connectivity index (χ4v) is 8.79. The van der Waals surface area contributed by atoms with Crippen molar-refractivity contribution in [1.82, 2.24) is 4.90 Å². The number of aliphatic hydroxyl groups is 1. The fourth-order valence-electron chi connectivity index (χ4n) is 8.79. The molecule has 5 aliphatic carbocycles. The van der Waals surface area contributed by atoms with Crippen molar-refractivity contribution in [2.45, 2.75) is 64.4 Å². The molecule has 3 heteroatoms. The zero-order valence-electron chi connectivity index (χ0n) is 15.7. The van der Waals surface area contributed by atoms with Gasteiger partial charge in [-0.1, -0.05) is 19.9 Å². The first kappa shape index (κ1) is 16.5. The van der Waals surface area contributed by atoms with Gasteiger partial charge in [-0.25, -0.2) is 0 Å². The van der Waals surface area contributed by atoms with Gasteiger partial charge in [0.1, 0.15) is 6.29 Å². The lowest BCUT2D eigenvalue weighted by Gasteiger charge is -2.72. The summed E-state index contributed by atoms with van der Waals surface area (Å²) in [5.41, 5.74) is 1.91. The number of fused-ring (bicyclic) bond motifs is 2. The summed E-state index contributed by atoms with van der Waals surface area (Å²) in [6, 6.07) is 0. The predicted octanol–water partition coefficient (Wildman–Crippen LogP) is 3.42. The maximum Gasteiger partial charge on any atom is 0.133 e. The van der Waals surface area contributed by atoms with Crippen LogP contribution in [0.3, 0.4) is 0 Å². The molecule has 3 nitrogen and oxygen atoms in total. The molecule has 5 saturated carbocycles. The summed E-state index contributed by atoms with van der Waals surface area (Å²) in [5, 5.41) is 11.2. The molecule has 0 radical (unpaired) electrons. The maximum atomic E-state index is 11.3. The summed E-state index contributed by atoms with van der Waals surface area (Å²) in [7, 11) is 0. The normalized spacial score (nSPS) is 54.7. The van der Waals surface area contributed by atoms with Crippen molar-refractivity contribution < 1.29 is 9.90 Å². The Balaban J connectivity index is 1.60. The van der Waals surface area contributed by atoms with E-state index in [1.165, 1.54) is 51.4 Å². The Morgan fingerprint density at radius 1 is 1.16 bits per heavy atom. The second-order valence-corrected chi connectivity index (χ2v) is 10.4. The zero-order valence-corrected chi connectivity index (χ0v) is 15.7. The van der Waals surface area contributed by atoms with Gasteiger partial charge in [0.2, 0.25) is 0 Å². The Bertz CT molecular complexity index is 617. The highest BCUT2D eigenvalue weighted by atomic mass is 16.3. The van der Waals surface area contributed by atoms with E-state index in [1.807, 2.05) is 0 Å². The monoisotopic (exact) mass is 343 g/mol. The highest BCUT2D eigenvalue weighted by Gasteiger charge is 2.69. The number of hydrogen-bond donors (Lipinski definition) is 1. The number of likely N-dealkylation sites (tertiary alicyclic amines) is 1. The largest absolute Gasteiger partial charge is 0.388 e. The molecule has 1 heterocycles. The van der Waals surface area contributed by atoms with Gasteiger partial charge in [0.05, 0.1) is 12.6 Å². The third kappa shape index (κ3) is 1.92. The molecule has 1 spiro atoms. The molecule has 7 atom stereocenters. The number of rotatable bonds is 2. The molecule has 1 N–H and O–H groups in total. The predicted molar refractivity (Wildman–Crippen MR) is 98.0 cm³/mol. The SMILES string of the molecule is C=C1[C@H]2CC[C@@]3(CC[C@@H]4[C@@]5(C)CCC[C@@]4(CN(CC=O)C5)[C@@H]3C2)[C@@H]1O. The van der Waals surface area contributed by atoms with Crippen LogP contribution in [0.1, 0.15) is 58.3 Å². The molecule has 0 unspecified atom stereocenters. The molecule has 6 aliphatic rings. The molecular formula is C22H33NO2. The van der Waals surface area contributed by atoms with Crippen molar-refractivity contribution in [2.24, 2.45) is 34.0 Å². The number of carbonyl (C=O) groups excluding carboxylic acids is 1. The molecule has 6 fully saturated rings. The molecule has 25 heavy (non-hydrogen) atoms. The summed E-state index contributed by atoms with van der Waals surface area (Å²) < 4.78 is 0. The summed E-state index contributed by atoms with van der Waals surface area (Å²) in [4.78, 5) is 13.7. The topological polar surface area (TPSA) is 40.5 Å². The van der Waals surface area contributed by atoms with Gasteiger partial charge in [-0.3, -0.25) is 4.90 Å². The molecular weight excluding hydrogens is 310 g/mol. The minimum Gasteiger partial charge on any atom is -0.388 e. The minimum absolute atomic E-state index is 0.0881. The molecule has 0 amide bonds. The molecule has 1 aliphatic heterocycles. The Hall–Kier alpha value is -0.670. The number of hydrogen-bond acceptors (Lipinski definition) is 3. The van der Waals surface area contributed by atoms with Crippen LogP contribution < -0.4 is 0 Å². The van der Waals surface area contributed by atoms with Crippen LogP contribution in [0.5, 0.6) is 0 Å². The van der Waals surface area contributed by atoms with Gasteiger partial charge in [0.15, 0.2) is 0 Å². The standard InChI is InChI=1S/C22H33NO2/c1-15-16-4-8-21(19(15)25)9-5-17-20(2)6-3-7-22(17,18(21)12-16)14-23(13-20)10-11-24/h11,16-19,25H,1,3-10,12-14H2,2H3/t16-,17+,18+,19+,20-,21-,22-/m0/s1. The number of nitrogens with zero attached hydrogens (tertiary/aromatic N) is 1. The Kier molecular flexibility index (Phi) is 3.43. The van der Waals surface area contributed by atoms with Gasteiger partial charge in [0, 0.05) is 18.5 Å². The number of piperidine rings is 1. The summed E-state index contributed by atoms with van der Waals surface area (Å²) in [5.74, 6) is 1.95. The Labute approximate surface area is 151 Å². The Morgan fingerprint density at radius 2 is 1.96 bits per heavy atom. The van der Waals surface area contributed by atoms with Gasteiger partial charge in [0.25, 0.3) is 0 Å². The van der Waals surface area contributed by atoms with E-state index in [9.17, 15) is 9.90 Å². The average Bonchev–Trinajstić information content (AvgIpc) is 2.58. The number of aliphatic hydroxyl groups excluding tert-OH is 1. The van der Waals surface area contributed by atoms with E-state index in [0.29, 0.717) is 29.2 Å². The Morgan fingerprint density at radius 3 is 2.76 bits per heavy atom. The maximum absolute atomic E-state index is 11.3. The highest BCUT2D eigenvalue weighted by molar-refractivity contribution is 5.52. The molecule has 0 aromatic rings. The van der Waals surface area contributed by atoms with E-state index in [4.69, 9.17) is 0 Å². The van der Waals surface area contributed by atoms with E-state index in [0.717, 1.165) is 30.9 Å². The lowest BCUT2D eigenvalue weighted by atomic mass is 9.35. The average molecular weight is 344 g/mol. The molecule has 0 aromatic carbocycles. The van der Waals surface area contributed by atoms with E-state index < -0.39 is 0 Å². The quantitative estimate of drug-likeness (QED) is 0.617. The lowest BCUT2D eigenvalue weighted by Crippen LogP contribution is -2.71. The van der Waals surface area contributed by atoms with Crippen LogP contribution in [-0.2, 0) is 4.79 Å². The third-order valence-corrected chi connectivity index (χ3v) is 9.55. The van der Waals surface area contributed by atoms with Gasteiger partial charge in [-0.05, 0) is 79.1 Å². The highest BCUT2D eigenvalue weighted by Crippen LogP contribution is 2.73.